The van der Waals surface area contributed by atoms with Gasteiger partial charge in [-0.15, -0.1) is 0 Å². The van der Waals surface area contributed by atoms with Crippen molar-refractivity contribution in [2.75, 3.05) is 0 Å². The van der Waals surface area contributed by atoms with E-state index in [1.807, 2.05) is 36.0 Å². The largest absolute Gasteiger partial charge is 0.456 e. The summed E-state index contributed by atoms with van der Waals surface area (Å²) in [6.07, 6.45) is 5.70. The smallest absolute Gasteiger partial charge is 0.148 e. The van der Waals surface area contributed by atoms with Crippen LogP contribution in [0.3, 0.4) is 0 Å². The lowest BCUT2D eigenvalue weighted by molar-refractivity contribution is 0.465. The molecule has 3 aliphatic heterocycles. The summed E-state index contributed by atoms with van der Waals surface area (Å²) in [6.45, 7) is 0. The lowest BCUT2D eigenvalue weighted by Crippen LogP contribution is -2.35. The molecule has 0 bridgehead atoms. The van der Waals surface area contributed by atoms with E-state index in [2.05, 4.69) is 72.8 Å². The van der Waals surface area contributed by atoms with Gasteiger partial charge >= 0.3 is 0 Å². The minimum Gasteiger partial charge on any atom is -0.456 e. The fourth-order valence-corrected chi connectivity index (χ4v) is 11.5. The summed E-state index contributed by atoms with van der Waals surface area (Å²) in [5, 5.41) is 3.26. The first kappa shape index (κ1) is 20.2. The molecule has 3 heterocycles. The fraction of sp³-hybridized carbons (Fsp3) is 0.0667. The minimum absolute atomic E-state index is 0.455. The van der Waals surface area contributed by atoms with Crippen molar-refractivity contribution in [2.24, 2.45) is 0 Å². The molecule has 2 unspecified atom stereocenters. The van der Waals surface area contributed by atoms with E-state index in [1.165, 1.54) is 20.9 Å². The van der Waals surface area contributed by atoms with Crippen molar-refractivity contribution >= 4 is 51.1 Å². The van der Waals surface area contributed by atoms with Crippen molar-refractivity contribution in [3.05, 3.63) is 113 Å². The van der Waals surface area contributed by atoms with Crippen LogP contribution in [-0.4, -0.2) is 0 Å². The van der Waals surface area contributed by atoms with Gasteiger partial charge in [0.05, 0.1) is 11.3 Å². The summed E-state index contributed by atoms with van der Waals surface area (Å²) >= 11 is 8.55. The molecule has 0 radical (unpaired) electrons. The lowest BCUT2D eigenvalue weighted by Gasteiger charge is -2.38. The van der Waals surface area contributed by atoms with Gasteiger partial charge in [-0.1, -0.05) is 72.1 Å². The van der Waals surface area contributed by atoms with E-state index in [0.717, 1.165) is 50.9 Å². The molecule has 0 saturated heterocycles. The summed E-state index contributed by atoms with van der Waals surface area (Å²) in [5.41, 5.74) is 3.74. The Kier molecular flexibility index (Phi) is 4.17. The molecule has 4 aromatic rings. The molecule has 0 amide bonds. The molecule has 0 spiro atoms. The number of para-hydroxylation sites is 2. The zero-order chi connectivity index (χ0) is 23.1. The van der Waals surface area contributed by atoms with E-state index in [9.17, 15) is 0 Å². The Morgan fingerprint density at radius 3 is 2.31 bits per heavy atom. The molecule has 0 aromatic heterocycles. The van der Waals surface area contributed by atoms with Crippen LogP contribution in [0.5, 0.6) is 23.0 Å². The van der Waals surface area contributed by atoms with E-state index >= 15 is 0 Å². The first-order chi connectivity index (χ1) is 17.2. The van der Waals surface area contributed by atoms with Crippen LogP contribution in [0.2, 0.25) is 0 Å². The molecular weight excluding hydrogens is 487 g/mol. The number of hydrogen-bond donors (Lipinski definition) is 0. The maximum absolute atomic E-state index is 6.67. The highest BCUT2D eigenvalue weighted by atomic mass is 32.4. The SMILES string of the molecule is S=P12c3ccccc3Oc3ccc(C4=CCC5C(=C4)Sc4ccccc45)c(c31)Oc1ccccc12. The standard InChI is InChI=1S/C30H19O2PS2/c34-33-25-10-4-2-8-22(25)31-24-16-15-19(29(30(24)33)32-23-9-3-5-11-26(23)33)18-13-14-21-20-7-1-6-12-27(20)35-28(21)17-18/h1-13,15-17,21H,14H2. The van der Waals surface area contributed by atoms with Gasteiger partial charge in [-0.3, -0.25) is 0 Å². The van der Waals surface area contributed by atoms with Gasteiger partial charge in [-0.05, 0) is 71.0 Å². The second-order valence-corrected chi connectivity index (χ2v) is 14.6. The van der Waals surface area contributed by atoms with Crippen LogP contribution >= 0.6 is 17.8 Å². The van der Waals surface area contributed by atoms with Crippen molar-refractivity contribution in [1.82, 2.24) is 0 Å². The van der Waals surface area contributed by atoms with Gasteiger partial charge in [0.15, 0.2) is 0 Å². The van der Waals surface area contributed by atoms with Gasteiger partial charge in [-0.2, -0.15) is 0 Å². The molecule has 168 valence electrons. The molecule has 4 aliphatic rings. The van der Waals surface area contributed by atoms with Crippen LogP contribution in [0.15, 0.2) is 107 Å². The van der Waals surface area contributed by atoms with Crippen LogP contribution in [0, 0.1) is 0 Å². The number of rotatable bonds is 1. The Morgan fingerprint density at radius 2 is 1.49 bits per heavy atom. The average Bonchev–Trinajstić information content (AvgIpc) is 3.27. The zero-order valence-electron chi connectivity index (χ0n) is 18.6. The van der Waals surface area contributed by atoms with Crippen LogP contribution in [0.4, 0.5) is 0 Å². The summed E-state index contributed by atoms with van der Waals surface area (Å²) < 4.78 is 13.1. The minimum atomic E-state index is -2.33. The molecule has 8 rings (SSSR count). The number of hydrogen-bond acceptors (Lipinski definition) is 4. The van der Waals surface area contributed by atoms with Crippen molar-refractivity contribution in [3.63, 3.8) is 0 Å². The number of benzene rings is 4. The Labute approximate surface area is 213 Å². The van der Waals surface area contributed by atoms with Gasteiger partial charge in [0.25, 0.3) is 0 Å². The highest BCUT2D eigenvalue weighted by Crippen LogP contribution is 2.60. The first-order valence-electron chi connectivity index (χ1n) is 11.7. The van der Waals surface area contributed by atoms with Crippen molar-refractivity contribution in [2.45, 2.75) is 17.2 Å². The Morgan fingerprint density at radius 1 is 0.771 bits per heavy atom. The summed E-state index contributed by atoms with van der Waals surface area (Å²) in [4.78, 5) is 2.78. The molecule has 35 heavy (non-hydrogen) atoms. The summed E-state index contributed by atoms with van der Waals surface area (Å²) in [7, 11) is 0. The maximum atomic E-state index is 6.67. The highest BCUT2D eigenvalue weighted by molar-refractivity contribution is 8.26. The molecule has 1 aliphatic carbocycles. The molecule has 5 heteroatoms. The van der Waals surface area contributed by atoms with Crippen LogP contribution in [-0.2, 0) is 11.8 Å². The number of ether oxygens (including phenoxy) is 2. The summed E-state index contributed by atoms with van der Waals surface area (Å²) in [6, 6.07) is 27.2. The molecule has 0 saturated carbocycles. The van der Waals surface area contributed by atoms with Crippen LogP contribution < -0.4 is 25.4 Å². The fourth-order valence-electron chi connectivity index (χ4n) is 5.70. The van der Waals surface area contributed by atoms with E-state index < -0.39 is 6.04 Å². The third-order valence-corrected chi connectivity index (χ3v) is 13.4. The monoisotopic (exact) mass is 506 g/mol. The molecule has 0 N–H and O–H groups in total. The first-order valence-corrected chi connectivity index (χ1v) is 15.3. The molecule has 2 atom stereocenters. The van der Waals surface area contributed by atoms with E-state index in [4.69, 9.17) is 21.3 Å². The highest BCUT2D eigenvalue weighted by Gasteiger charge is 2.43. The predicted octanol–water partition coefficient (Wildman–Crippen LogP) is 7.21. The topological polar surface area (TPSA) is 18.5 Å². The predicted molar refractivity (Wildman–Crippen MR) is 148 cm³/mol. The third kappa shape index (κ3) is 2.71. The van der Waals surface area contributed by atoms with Gasteiger partial charge < -0.3 is 9.47 Å². The molecule has 4 aromatic carbocycles. The molecule has 2 nitrogen and oxygen atoms in total. The number of thioether (sulfide) groups is 1. The van der Waals surface area contributed by atoms with Gasteiger partial charge in [-0.25, -0.2) is 0 Å². The zero-order valence-corrected chi connectivity index (χ0v) is 21.1. The molecule has 0 fully saturated rings. The van der Waals surface area contributed by atoms with Crippen LogP contribution in [0.25, 0.3) is 5.57 Å². The number of fused-ring (bicyclic) bond motifs is 7. The second kappa shape index (κ2) is 7.24. The van der Waals surface area contributed by atoms with Gasteiger partial charge in [0, 0.05) is 27.0 Å². The second-order valence-electron chi connectivity index (χ2n) is 9.17. The Hall–Kier alpha value is -3.04. The lowest BCUT2D eigenvalue weighted by atomic mass is 9.88. The Balaban J connectivity index is 1.33. The normalized spacial score (nSPS) is 22.2. The maximum Gasteiger partial charge on any atom is 0.148 e. The van der Waals surface area contributed by atoms with Gasteiger partial charge in [0.1, 0.15) is 23.0 Å². The third-order valence-electron chi connectivity index (χ3n) is 7.30. The number of allylic oxidation sites excluding steroid dienone is 4. The van der Waals surface area contributed by atoms with E-state index in [0.29, 0.717) is 5.92 Å². The van der Waals surface area contributed by atoms with Crippen molar-refractivity contribution in [3.8, 4) is 23.0 Å². The van der Waals surface area contributed by atoms with Crippen molar-refractivity contribution in [1.29, 1.82) is 0 Å². The van der Waals surface area contributed by atoms with E-state index in [1.54, 1.807) is 0 Å². The average molecular weight is 507 g/mol. The van der Waals surface area contributed by atoms with Crippen LogP contribution in [0.1, 0.15) is 23.5 Å². The Bertz CT molecular complexity index is 1690. The molecular formula is C30H19O2PS2. The van der Waals surface area contributed by atoms with E-state index in [-0.39, 0.29) is 0 Å². The summed E-state index contributed by atoms with van der Waals surface area (Å²) in [5.74, 6) is 3.87. The quantitative estimate of drug-likeness (QED) is 0.219. The van der Waals surface area contributed by atoms with Crippen molar-refractivity contribution < 1.29 is 9.47 Å². The van der Waals surface area contributed by atoms with Gasteiger partial charge in [0.2, 0.25) is 0 Å².